The van der Waals surface area contributed by atoms with Crippen molar-refractivity contribution in [3.63, 3.8) is 0 Å². The summed E-state index contributed by atoms with van der Waals surface area (Å²) in [4.78, 5) is 25.3. The van der Waals surface area contributed by atoms with E-state index in [2.05, 4.69) is 17.4 Å². The summed E-state index contributed by atoms with van der Waals surface area (Å²) in [7, 11) is 0. The molecule has 0 saturated carbocycles. The van der Waals surface area contributed by atoms with E-state index in [4.69, 9.17) is 10.5 Å². The zero-order valence-corrected chi connectivity index (χ0v) is 13.2. The molecule has 124 valence electrons. The molecule has 3 N–H and O–H groups in total. The molecule has 0 bridgehead atoms. The minimum Gasteiger partial charge on any atom is -0.367 e. The van der Waals surface area contributed by atoms with Gasteiger partial charge in [0.2, 0.25) is 5.91 Å². The summed E-state index contributed by atoms with van der Waals surface area (Å²) in [6, 6.07) is 8.28. The van der Waals surface area contributed by atoms with Crippen LogP contribution in [0, 0.1) is 0 Å². The highest BCUT2D eigenvalue weighted by molar-refractivity contribution is 5.79. The zero-order chi connectivity index (χ0) is 16.2. The van der Waals surface area contributed by atoms with Gasteiger partial charge in [0.25, 0.3) is 0 Å². The Bertz CT molecular complexity index is 563. The van der Waals surface area contributed by atoms with Gasteiger partial charge in [-0.15, -0.1) is 0 Å². The highest BCUT2D eigenvalue weighted by Crippen LogP contribution is 2.19. The second-order valence-corrected chi connectivity index (χ2v) is 6.17. The number of fused-ring (bicyclic) bond motifs is 1. The molecule has 2 aliphatic rings. The Labute approximate surface area is 136 Å². The van der Waals surface area contributed by atoms with Crippen LogP contribution in [0.3, 0.4) is 0 Å². The van der Waals surface area contributed by atoms with E-state index >= 15 is 0 Å². The molecular weight excluding hydrogens is 294 g/mol. The molecule has 1 saturated heterocycles. The summed E-state index contributed by atoms with van der Waals surface area (Å²) in [5, 5.41) is 2.92. The molecular formula is C17H23N3O3. The minimum atomic E-state index is -0.510. The van der Waals surface area contributed by atoms with Crippen LogP contribution in [0.25, 0.3) is 0 Å². The molecule has 3 rings (SSSR count). The van der Waals surface area contributed by atoms with E-state index in [1.165, 1.54) is 11.1 Å². The maximum absolute atomic E-state index is 12.3. The molecule has 1 fully saturated rings. The highest BCUT2D eigenvalue weighted by Gasteiger charge is 2.29. The van der Waals surface area contributed by atoms with Gasteiger partial charge in [-0.05, 0) is 36.8 Å². The van der Waals surface area contributed by atoms with Gasteiger partial charge in [-0.2, -0.15) is 0 Å². The average molecular weight is 317 g/mol. The lowest BCUT2D eigenvalue weighted by molar-refractivity contribution is -0.128. The molecule has 1 aromatic rings. The lowest BCUT2D eigenvalue weighted by Gasteiger charge is -2.22. The molecule has 6 heteroatoms. The van der Waals surface area contributed by atoms with Gasteiger partial charge in [0, 0.05) is 19.6 Å². The van der Waals surface area contributed by atoms with E-state index in [0.29, 0.717) is 13.0 Å². The number of rotatable bonds is 3. The number of hydrogen-bond donors (Lipinski definition) is 2. The lowest BCUT2D eigenvalue weighted by Crippen LogP contribution is -2.44. The molecule has 6 nitrogen and oxygen atoms in total. The van der Waals surface area contributed by atoms with Crippen molar-refractivity contribution in [1.29, 1.82) is 0 Å². The molecule has 2 atom stereocenters. The van der Waals surface area contributed by atoms with Crippen LogP contribution in [-0.2, 0) is 22.4 Å². The van der Waals surface area contributed by atoms with Gasteiger partial charge in [0.1, 0.15) is 6.10 Å². The number of primary amides is 1. The van der Waals surface area contributed by atoms with Crippen molar-refractivity contribution >= 4 is 11.9 Å². The first-order valence-electron chi connectivity index (χ1n) is 8.18. The van der Waals surface area contributed by atoms with Gasteiger partial charge in [0.15, 0.2) is 0 Å². The summed E-state index contributed by atoms with van der Waals surface area (Å²) in [6.45, 7) is 1.86. The van der Waals surface area contributed by atoms with Gasteiger partial charge in [-0.25, -0.2) is 4.79 Å². The van der Waals surface area contributed by atoms with Gasteiger partial charge < -0.3 is 20.7 Å². The topological polar surface area (TPSA) is 84.7 Å². The highest BCUT2D eigenvalue weighted by atomic mass is 16.5. The van der Waals surface area contributed by atoms with E-state index in [-0.39, 0.29) is 12.1 Å². The molecule has 1 aromatic carbocycles. The molecule has 2 aliphatic heterocycles. The van der Waals surface area contributed by atoms with E-state index < -0.39 is 12.0 Å². The second-order valence-electron chi connectivity index (χ2n) is 6.17. The van der Waals surface area contributed by atoms with Crippen molar-refractivity contribution in [3.8, 4) is 0 Å². The maximum atomic E-state index is 12.3. The Morgan fingerprint density at radius 3 is 2.39 bits per heavy atom. The van der Waals surface area contributed by atoms with Crippen molar-refractivity contribution in [2.45, 2.75) is 37.9 Å². The number of benzene rings is 1. The van der Waals surface area contributed by atoms with Crippen molar-refractivity contribution in [2.75, 3.05) is 19.6 Å². The molecule has 2 heterocycles. The van der Waals surface area contributed by atoms with E-state index in [1.807, 2.05) is 17.0 Å². The molecule has 0 unspecified atom stereocenters. The average Bonchev–Trinajstić information content (AvgIpc) is 2.92. The SMILES string of the molecule is NC(=O)[C@H]1CC[C@@H](CNC(=O)N2CCc3ccccc3CC2)O1. The molecule has 0 aromatic heterocycles. The number of carbonyl (C=O) groups excluding carboxylic acids is 2. The Morgan fingerprint density at radius 1 is 1.17 bits per heavy atom. The number of hydrogen-bond acceptors (Lipinski definition) is 3. The summed E-state index contributed by atoms with van der Waals surface area (Å²) in [5.74, 6) is -0.427. The maximum Gasteiger partial charge on any atom is 0.317 e. The number of nitrogens with two attached hydrogens (primary N) is 1. The van der Waals surface area contributed by atoms with Gasteiger partial charge in [0.05, 0.1) is 6.10 Å². The Morgan fingerprint density at radius 2 is 1.83 bits per heavy atom. The Kier molecular flexibility index (Phi) is 4.81. The van der Waals surface area contributed by atoms with E-state index in [9.17, 15) is 9.59 Å². The van der Waals surface area contributed by atoms with Crippen molar-refractivity contribution in [3.05, 3.63) is 35.4 Å². The number of ether oxygens (including phenoxy) is 1. The number of nitrogens with zero attached hydrogens (tertiary/aromatic N) is 1. The van der Waals surface area contributed by atoms with Crippen molar-refractivity contribution in [1.82, 2.24) is 10.2 Å². The van der Waals surface area contributed by atoms with Crippen molar-refractivity contribution < 1.29 is 14.3 Å². The summed E-state index contributed by atoms with van der Waals surface area (Å²) >= 11 is 0. The smallest absolute Gasteiger partial charge is 0.317 e. The van der Waals surface area contributed by atoms with Crippen molar-refractivity contribution in [2.24, 2.45) is 5.73 Å². The van der Waals surface area contributed by atoms with Crippen LogP contribution >= 0.6 is 0 Å². The van der Waals surface area contributed by atoms with E-state index in [0.717, 1.165) is 32.4 Å². The normalized spacial score (nSPS) is 23.9. The third-order valence-electron chi connectivity index (χ3n) is 4.61. The van der Waals surface area contributed by atoms with Crippen LogP contribution in [0.1, 0.15) is 24.0 Å². The van der Waals surface area contributed by atoms with Crippen LogP contribution in [0.15, 0.2) is 24.3 Å². The number of urea groups is 1. The first-order valence-corrected chi connectivity index (χ1v) is 8.18. The summed E-state index contributed by atoms with van der Waals surface area (Å²) in [5.41, 5.74) is 7.88. The fourth-order valence-electron chi connectivity index (χ4n) is 3.25. The largest absolute Gasteiger partial charge is 0.367 e. The fourth-order valence-corrected chi connectivity index (χ4v) is 3.25. The lowest BCUT2D eigenvalue weighted by atomic mass is 10.0. The first-order chi connectivity index (χ1) is 11.1. The first kappa shape index (κ1) is 15.8. The molecule has 23 heavy (non-hydrogen) atoms. The molecule has 0 spiro atoms. The number of nitrogens with one attached hydrogen (secondary N) is 1. The summed E-state index contributed by atoms with van der Waals surface area (Å²) in [6.07, 6.45) is 2.51. The molecule has 3 amide bonds. The third-order valence-corrected chi connectivity index (χ3v) is 4.61. The number of amides is 3. The van der Waals surface area contributed by atoms with Crippen LogP contribution in [0.2, 0.25) is 0 Å². The van der Waals surface area contributed by atoms with Crippen LogP contribution in [0.5, 0.6) is 0 Å². The Hall–Kier alpha value is -2.08. The van der Waals surface area contributed by atoms with Crippen LogP contribution in [-0.4, -0.2) is 48.7 Å². The second kappa shape index (κ2) is 7.00. The van der Waals surface area contributed by atoms with E-state index in [1.54, 1.807) is 0 Å². The fraction of sp³-hybridized carbons (Fsp3) is 0.529. The third kappa shape index (κ3) is 3.82. The minimum absolute atomic E-state index is 0.0658. The predicted molar refractivity (Wildman–Crippen MR) is 85.9 cm³/mol. The van der Waals surface area contributed by atoms with Crippen LogP contribution in [0.4, 0.5) is 4.79 Å². The number of carbonyl (C=O) groups is 2. The zero-order valence-electron chi connectivity index (χ0n) is 13.2. The predicted octanol–water partition coefficient (Wildman–Crippen LogP) is 0.830. The standard InChI is InChI=1S/C17H23N3O3/c18-16(21)15-6-5-14(23-15)11-19-17(22)20-9-7-12-3-1-2-4-13(12)8-10-20/h1-4,14-15H,5-11H2,(H2,18,21)(H,19,22)/t14-,15+/m0/s1. The summed E-state index contributed by atoms with van der Waals surface area (Å²) < 4.78 is 5.53. The van der Waals surface area contributed by atoms with Gasteiger partial charge >= 0.3 is 6.03 Å². The molecule has 0 aliphatic carbocycles. The Balaban J connectivity index is 1.47. The monoisotopic (exact) mass is 317 g/mol. The molecule has 0 radical (unpaired) electrons. The van der Waals surface area contributed by atoms with Crippen LogP contribution < -0.4 is 11.1 Å². The van der Waals surface area contributed by atoms with Gasteiger partial charge in [-0.1, -0.05) is 24.3 Å². The quantitative estimate of drug-likeness (QED) is 0.866. The van der Waals surface area contributed by atoms with Gasteiger partial charge in [-0.3, -0.25) is 4.79 Å².